The number of Topliss-reactive ketones (excluding diaryl/α,β-unsaturated/α-hetero) is 1. The molecule has 0 spiro atoms. The molecule has 0 bridgehead atoms. The van der Waals surface area contributed by atoms with Crippen LogP contribution in [0.3, 0.4) is 0 Å². The standard InChI is InChI=1S/C15H18N2O3/c1-15(2,10-16)17-14(19)8-7-13(18)11-5-4-6-12(9-11)20-3/h4-6,9H,7-8H2,1-3H3,(H,17,19). The largest absolute Gasteiger partial charge is 0.497 e. The smallest absolute Gasteiger partial charge is 0.221 e. The van der Waals surface area contributed by atoms with Crippen molar-refractivity contribution in [2.75, 3.05) is 7.11 Å². The minimum atomic E-state index is -0.921. The summed E-state index contributed by atoms with van der Waals surface area (Å²) in [6.45, 7) is 3.21. The van der Waals surface area contributed by atoms with Crippen molar-refractivity contribution in [3.63, 3.8) is 0 Å². The number of benzene rings is 1. The third-order valence-electron chi connectivity index (χ3n) is 2.70. The third kappa shape index (κ3) is 4.73. The van der Waals surface area contributed by atoms with Crippen molar-refractivity contribution in [3.8, 4) is 11.8 Å². The van der Waals surface area contributed by atoms with Gasteiger partial charge in [0.1, 0.15) is 11.3 Å². The van der Waals surface area contributed by atoms with Gasteiger partial charge in [-0.25, -0.2) is 0 Å². The van der Waals surface area contributed by atoms with Crippen molar-refractivity contribution in [3.05, 3.63) is 29.8 Å². The van der Waals surface area contributed by atoms with Crippen LogP contribution in [0.5, 0.6) is 5.75 Å². The van der Waals surface area contributed by atoms with Crippen molar-refractivity contribution < 1.29 is 14.3 Å². The lowest BCUT2D eigenvalue weighted by Gasteiger charge is -2.17. The topological polar surface area (TPSA) is 79.2 Å². The first-order valence-electron chi connectivity index (χ1n) is 6.27. The normalized spacial score (nSPS) is 10.5. The second-order valence-electron chi connectivity index (χ2n) is 4.94. The van der Waals surface area contributed by atoms with E-state index in [4.69, 9.17) is 10.00 Å². The van der Waals surface area contributed by atoms with Crippen LogP contribution >= 0.6 is 0 Å². The molecule has 0 saturated carbocycles. The molecule has 0 unspecified atom stereocenters. The number of nitrogens with one attached hydrogen (secondary N) is 1. The predicted octanol–water partition coefficient (Wildman–Crippen LogP) is 2.08. The van der Waals surface area contributed by atoms with Gasteiger partial charge in [-0.15, -0.1) is 0 Å². The minimum absolute atomic E-state index is 0.0567. The van der Waals surface area contributed by atoms with E-state index in [-0.39, 0.29) is 24.5 Å². The summed E-state index contributed by atoms with van der Waals surface area (Å²) in [5.74, 6) is 0.160. The number of ether oxygens (including phenoxy) is 1. The lowest BCUT2D eigenvalue weighted by molar-refractivity contribution is -0.122. The van der Waals surface area contributed by atoms with Gasteiger partial charge in [0.15, 0.2) is 5.78 Å². The fourth-order valence-corrected chi connectivity index (χ4v) is 1.61. The summed E-state index contributed by atoms with van der Waals surface area (Å²) in [7, 11) is 1.53. The van der Waals surface area contributed by atoms with Crippen LogP contribution in [0.25, 0.3) is 0 Å². The first-order valence-corrected chi connectivity index (χ1v) is 6.27. The van der Waals surface area contributed by atoms with Gasteiger partial charge in [-0.3, -0.25) is 9.59 Å². The Morgan fingerprint density at radius 2 is 2.05 bits per heavy atom. The molecule has 5 heteroatoms. The van der Waals surface area contributed by atoms with E-state index < -0.39 is 5.54 Å². The molecule has 0 heterocycles. The van der Waals surface area contributed by atoms with Crippen molar-refractivity contribution in [2.45, 2.75) is 32.2 Å². The zero-order valence-electron chi connectivity index (χ0n) is 11.9. The van der Waals surface area contributed by atoms with E-state index in [2.05, 4.69) is 5.32 Å². The summed E-state index contributed by atoms with van der Waals surface area (Å²) in [4.78, 5) is 23.6. The Bertz CT molecular complexity index is 544. The van der Waals surface area contributed by atoms with Gasteiger partial charge in [0.05, 0.1) is 13.2 Å². The number of amides is 1. The molecule has 0 atom stereocenters. The van der Waals surface area contributed by atoms with E-state index in [1.54, 1.807) is 38.1 Å². The number of carbonyl (C=O) groups is 2. The third-order valence-corrected chi connectivity index (χ3v) is 2.70. The van der Waals surface area contributed by atoms with Gasteiger partial charge in [0.25, 0.3) is 0 Å². The highest BCUT2D eigenvalue weighted by molar-refractivity contribution is 5.98. The lowest BCUT2D eigenvalue weighted by Crippen LogP contribution is -2.42. The Balaban J connectivity index is 2.55. The molecule has 0 aliphatic carbocycles. The Morgan fingerprint density at radius 1 is 1.35 bits per heavy atom. The molecular formula is C15H18N2O3. The zero-order valence-corrected chi connectivity index (χ0v) is 11.9. The first kappa shape index (κ1) is 15.7. The average Bonchev–Trinajstić information content (AvgIpc) is 2.44. The van der Waals surface area contributed by atoms with Crippen LogP contribution in [-0.4, -0.2) is 24.3 Å². The number of methoxy groups -OCH3 is 1. The molecule has 106 valence electrons. The highest BCUT2D eigenvalue weighted by Gasteiger charge is 2.19. The molecule has 0 radical (unpaired) electrons. The quantitative estimate of drug-likeness (QED) is 0.805. The van der Waals surface area contributed by atoms with E-state index >= 15 is 0 Å². The van der Waals surface area contributed by atoms with Crippen molar-refractivity contribution >= 4 is 11.7 Å². The van der Waals surface area contributed by atoms with Gasteiger partial charge in [-0.2, -0.15) is 5.26 Å². The second-order valence-corrected chi connectivity index (χ2v) is 4.94. The summed E-state index contributed by atoms with van der Waals surface area (Å²) in [6.07, 6.45) is 0.154. The van der Waals surface area contributed by atoms with E-state index in [9.17, 15) is 9.59 Å². The number of hydrogen-bond donors (Lipinski definition) is 1. The fourth-order valence-electron chi connectivity index (χ4n) is 1.61. The Kier molecular flexibility index (Phi) is 5.27. The van der Waals surface area contributed by atoms with Crippen molar-refractivity contribution in [1.82, 2.24) is 5.32 Å². The summed E-state index contributed by atoms with van der Waals surface area (Å²) < 4.78 is 5.04. The SMILES string of the molecule is COc1cccc(C(=O)CCC(=O)NC(C)(C)C#N)c1. The van der Waals surface area contributed by atoms with Gasteiger partial charge in [-0.05, 0) is 26.0 Å². The summed E-state index contributed by atoms with van der Waals surface area (Å²) >= 11 is 0. The summed E-state index contributed by atoms with van der Waals surface area (Å²) in [6, 6.07) is 8.77. The molecule has 0 fully saturated rings. The minimum Gasteiger partial charge on any atom is -0.497 e. The maximum absolute atomic E-state index is 12.0. The molecule has 1 N–H and O–H groups in total. The van der Waals surface area contributed by atoms with Gasteiger partial charge in [0, 0.05) is 18.4 Å². The molecule has 0 aliphatic rings. The van der Waals surface area contributed by atoms with Crippen LogP contribution in [0.4, 0.5) is 0 Å². The molecular weight excluding hydrogens is 256 g/mol. The predicted molar refractivity (Wildman–Crippen MR) is 74.4 cm³/mol. The van der Waals surface area contributed by atoms with Crippen LogP contribution in [0, 0.1) is 11.3 Å². The van der Waals surface area contributed by atoms with E-state index in [0.717, 1.165) is 0 Å². The van der Waals surface area contributed by atoms with Gasteiger partial charge in [-0.1, -0.05) is 12.1 Å². The van der Waals surface area contributed by atoms with Gasteiger partial charge in [0.2, 0.25) is 5.91 Å². The number of nitrogens with zero attached hydrogens (tertiary/aromatic N) is 1. The monoisotopic (exact) mass is 274 g/mol. The van der Waals surface area contributed by atoms with Gasteiger partial charge < -0.3 is 10.1 Å². The number of nitriles is 1. The molecule has 1 amide bonds. The molecule has 1 rings (SSSR count). The van der Waals surface area contributed by atoms with Crippen LogP contribution in [-0.2, 0) is 4.79 Å². The Hall–Kier alpha value is -2.35. The zero-order chi connectivity index (χ0) is 15.2. The summed E-state index contributed by atoms with van der Waals surface area (Å²) in [5.41, 5.74) is -0.410. The number of hydrogen-bond acceptors (Lipinski definition) is 4. The highest BCUT2D eigenvalue weighted by atomic mass is 16.5. The maximum atomic E-state index is 12.0. The van der Waals surface area contributed by atoms with Crippen LogP contribution in [0.15, 0.2) is 24.3 Å². The second kappa shape index (κ2) is 6.71. The molecule has 0 aromatic heterocycles. The number of carbonyl (C=O) groups excluding carboxylic acids is 2. The van der Waals surface area contributed by atoms with E-state index in [1.807, 2.05) is 6.07 Å². The maximum Gasteiger partial charge on any atom is 0.221 e. The van der Waals surface area contributed by atoms with Crippen LogP contribution < -0.4 is 10.1 Å². The fraction of sp³-hybridized carbons (Fsp3) is 0.400. The Labute approximate surface area is 118 Å². The highest BCUT2D eigenvalue weighted by Crippen LogP contribution is 2.14. The molecule has 0 aliphatic heterocycles. The van der Waals surface area contributed by atoms with Crippen LogP contribution in [0.2, 0.25) is 0 Å². The van der Waals surface area contributed by atoms with Crippen molar-refractivity contribution in [2.24, 2.45) is 0 Å². The van der Waals surface area contributed by atoms with E-state index in [0.29, 0.717) is 11.3 Å². The average molecular weight is 274 g/mol. The first-order chi connectivity index (χ1) is 9.38. The molecule has 5 nitrogen and oxygen atoms in total. The van der Waals surface area contributed by atoms with Crippen LogP contribution in [0.1, 0.15) is 37.0 Å². The molecule has 0 saturated heterocycles. The molecule has 1 aromatic rings. The summed E-state index contributed by atoms with van der Waals surface area (Å²) in [5, 5.41) is 11.4. The Morgan fingerprint density at radius 3 is 2.65 bits per heavy atom. The lowest BCUT2D eigenvalue weighted by atomic mass is 10.0. The molecule has 20 heavy (non-hydrogen) atoms. The number of rotatable bonds is 6. The van der Waals surface area contributed by atoms with Crippen molar-refractivity contribution in [1.29, 1.82) is 5.26 Å². The molecule has 1 aromatic carbocycles. The van der Waals surface area contributed by atoms with Gasteiger partial charge >= 0.3 is 0 Å². The van der Waals surface area contributed by atoms with E-state index in [1.165, 1.54) is 7.11 Å². The number of ketones is 1.